The van der Waals surface area contributed by atoms with Crippen molar-refractivity contribution in [2.75, 3.05) is 6.61 Å². The molecule has 0 bridgehead atoms. The summed E-state index contributed by atoms with van der Waals surface area (Å²) in [5, 5.41) is 4.47. The Bertz CT molecular complexity index is 310. The van der Waals surface area contributed by atoms with Crippen molar-refractivity contribution in [2.24, 2.45) is 0 Å². The molecule has 0 aromatic carbocycles. The number of esters is 1. The van der Waals surface area contributed by atoms with Crippen LogP contribution >= 0.6 is 11.6 Å². The van der Waals surface area contributed by atoms with Gasteiger partial charge in [-0.3, -0.25) is 4.68 Å². The van der Waals surface area contributed by atoms with E-state index in [1.54, 1.807) is 6.20 Å². The molecule has 4 nitrogen and oxygen atoms in total. The van der Waals surface area contributed by atoms with Gasteiger partial charge in [-0.05, 0) is 0 Å². The van der Waals surface area contributed by atoms with E-state index in [4.69, 9.17) is 16.3 Å². The second-order valence-electron chi connectivity index (χ2n) is 2.61. The van der Waals surface area contributed by atoms with E-state index < -0.39 is 0 Å². The maximum Gasteiger partial charge on any atom is 0.331 e. The van der Waals surface area contributed by atoms with Crippen LogP contribution in [0.1, 0.15) is 12.5 Å². The van der Waals surface area contributed by atoms with E-state index in [-0.39, 0.29) is 12.0 Å². The molecule has 5 heteroatoms. The number of aromatic nitrogens is 2. The zero-order chi connectivity index (χ0) is 8.55. The van der Waals surface area contributed by atoms with Crippen molar-refractivity contribution >= 4 is 17.6 Å². The smallest absolute Gasteiger partial charge is 0.331 e. The van der Waals surface area contributed by atoms with E-state index in [1.165, 1.54) is 10.9 Å². The molecule has 1 aromatic rings. The highest BCUT2D eigenvalue weighted by molar-refractivity contribution is 6.30. The average Bonchev–Trinajstić information content (AvgIpc) is 2.58. The zero-order valence-electron chi connectivity index (χ0n) is 6.24. The molecule has 1 aliphatic heterocycles. The van der Waals surface area contributed by atoms with Gasteiger partial charge in [-0.1, -0.05) is 11.6 Å². The van der Waals surface area contributed by atoms with Gasteiger partial charge in [-0.15, -0.1) is 0 Å². The number of ether oxygens (including phenoxy) is 1. The van der Waals surface area contributed by atoms with Gasteiger partial charge in [0.05, 0.1) is 17.8 Å². The summed E-state index contributed by atoms with van der Waals surface area (Å²) >= 11 is 5.65. The average molecular weight is 187 g/mol. The summed E-state index contributed by atoms with van der Waals surface area (Å²) < 4.78 is 6.33. The molecule has 1 aliphatic rings. The first-order valence-electron chi connectivity index (χ1n) is 3.63. The Morgan fingerprint density at radius 2 is 2.58 bits per heavy atom. The highest BCUT2D eigenvalue weighted by Gasteiger charge is 2.28. The van der Waals surface area contributed by atoms with E-state index in [9.17, 15) is 4.79 Å². The van der Waals surface area contributed by atoms with Gasteiger partial charge in [0.2, 0.25) is 0 Å². The van der Waals surface area contributed by atoms with Crippen LogP contribution in [0.4, 0.5) is 0 Å². The number of halogens is 1. The van der Waals surface area contributed by atoms with Crippen LogP contribution < -0.4 is 0 Å². The maximum absolute atomic E-state index is 11.1. The predicted molar refractivity (Wildman–Crippen MR) is 41.9 cm³/mol. The minimum absolute atomic E-state index is 0.227. The number of nitrogens with zero attached hydrogens (tertiary/aromatic N) is 2. The van der Waals surface area contributed by atoms with E-state index in [2.05, 4.69) is 5.10 Å². The molecule has 2 rings (SSSR count). The summed E-state index contributed by atoms with van der Waals surface area (Å²) in [7, 11) is 0. The lowest BCUT2D eigenvalue weighted by Crippen LogP contribution is -2.14. The summed E-state index contributed by atoms with van der Waals surface area (Å²) in [5.41, 5.74) is 0. The van der Waals surface area contributed by atoms with Crippen LogP contribution in [0, 0.1) is 0 Å². The third kappa shape index (κ3) is 1.18. The molecule has 64 valence electrons. The van der Waals surface area contributed by atoms with E-state index in [0.717, 1.165) is 0 Å². The molecule has 1 unspecified atom stereocenters. The van der Waals surface area contributed by atoms with E-state index in [1.807, 2.05) is 0 Å². The zero-order valence-corrected chi connectivity index (χ0v) is 6.99. The van der Waals surface area contributed by atoms with Gasteiger partial charge in [0.15, 0.2) is 6.04 Å². The van der Waals surface area contributed by atoms with E-state index >= 15 is 0 Å². The lowest BCUT2D eigenvalue weighted by molar-refractivity contribution is -0.140. The Morgan fingerprint density at radius 1 is 1.75 bits per heavy atom. The molecule has 0 N–H and O–H groups in total. The minimum Gasteiger partial charge on any atom is -0.464 e. The van der Waals surface area contributed by atoms with Crippen molar-refractivity contribution in [3.8, 4) is 0 Å². The number of rotatable bonds is 1. The second-order valence-corrected chi connectivity index (χ2v) is 3.05. The Labute approximate surface area is 74.1 Å². The van der Waals surface area contributed by atoms with Gasteiger partial charge in [0.1, 0.15) is 0 Å². The van der Waals surface area contributed by atoms with E-state index in [0.29, 0.717) is 18.1 Å². The number of hydrogen-bond acceptors (Lipinski definition) is 3. The molecular weight excluding hydrogens is 180 g/mol. The van der Waals surface area contributed by atoms with Crippen molar-refractivity contribution in [3.63, 3.8) is 0 Å². The van der Waals surface area contributed by atoms with Gasteiger partial charge in [-0.25, -0.2) is 4.79 Å². The molecule has 0 radical (unpaired) electrons. The monoisotopic (exact) mass is 186 g/mol. The van der Waals surface area contributed by atoms with Crippen molar-refractivity contribution < 1.29 is 9.53 Å². The van der Waals surface area contributed by atoms with Crippen molar-refractivity contribution in [2.45, 2.75) is 12.5 Å². The van der Waals surface area contributed by atoms with Crippen LogP contribution in [0.3, 0.4) is 0 Å². The van der Waals surface area contributed by atoms with Crippen molar-refractivity contribution in [1.82, 2.24) is 9.78 Å². The number of hydrogen-bond donors (Lipinski definition) is 0. The number of carbonyl (C=O) groups is 1. The molecule has 12 heavy (non-hydrogen) atoms. The first-order valence-corrected chi connectivity index (χ1v) is 4.01. The highest BCUT2D eigenvalue weighted by atomic mass is 35.5. The van der Waals surface area contributed by atoms with Crippen LogP contribution in [0.25, 0.3) is 0 Å². The first-order chi connectivity index (χ1) is 5.77. The topological polar surface area (TPSA) is 44.1 Å². The van der Waals surface area contributed by atoms with Crippen LogP contribution in [-0.2, 0) is 9.53 Å². The largest absolute Gasteiger partial charge is 0.464 e. The van der Waals surface area contributed by atoms with Crippen molar-refractivity contribution in [3.05, 3.63) is 17.4 Å². The SMILES string of the molecule is O=C1OCCC1n1cc(Cl)cn1. The molecular formula is C7H7ClN2O2. The molecule has 0 aliphatic carbocycles. The van der Waals surface area contributed by atoms with Gasteiger partial charge in [-0.2, -0.15) is 5.10 Å². The number of carbonyl (C=O) groups excluding carboxylic acids is 1. The molecule has 0 amide bonds. The van der Waals surface area contributed by atoms with Gasteiger partial charge in [0.25, 0.3) is 0 Å². The normalized spacial score (nSPS) is 22.8. The van der Waals surface area contributed by atoms with Crippen LogP contribution in [0.2, 0.25) is 5.02 Å². The predicted octanol–water partition coefficient (Wildman–Crippen LogP) is 1.02. The fourth-order valence-corrected chi connectivity index (χ4v) is 1.35. The van der Waals surface area contributed by atoms with Crippen LogP contribution in [0.15, 0.2) is 12.4 Å². The minimum atomic E-state index is -0.280. The summed E-state index contributed by atoms with van der Waals surface area (Å²) in [5.74, 6) is -0.227. The van der Waals surface area contributed by atoms with Crippen molar-refractivity contribution in [1.29, 1.82) is 0 Å². The lowest BCUT2D eigenvalue weighted by atomic mass is 10.3. The highest BCUT2D eigenvalue weighted by Crippen LogP contribution is 2.20. The Hall–Kier alpha value is -1.03. The lowest BCUT2D eigenvalue weighted by Gasteiger charge is -2.03. The fraction of sp³-hybridized carbons (Fsp3) is 0.429. The summed E-state index contributed by atoms with van der Waals surface area (Å²) in [6, 6.07) is -0.280. The summed E-state index contributed by atoms with van der Waals surface area (Å²) in [4.78, 5) is 11.1. The summed E-state index contributed by atoms with van der Waals surface area (Å²) in [6.07, 6.45) is 3.81. The van der Waals surface area contributed by atoms with Gasteiger partial charge < -0.3 is 4.74 Å². The number of cyclic esters (lactones) is 1. The first kappa shape index (κ1) is 7.61. The summed E-state index contributed by atoms with van der Waals surface area (Å²) in [6.45, 7) is 0.473. The Kier molecular flexibility index (Phi) is 1.77. The molecule has 2 heterocycles. The molecule has 0 saturated carbocycles. The Morgan fingerprint density at radius 3 is 3.08 bits per heavy atom. The second kappa shape index (κ2) is 2.79. The molecule has 1 aromatic heterocycles. The third-order valence-electron chi connectivity index (χ3n) is 1.80. The van der Waals surface area contributed by atoms with Gasteiger partial charge in [0, 0.05) is 12.6 Å². The standard InChI is InChI=1S/C7H7ClN2O2/c8-5-3-9-10(4-5)6-1-2-12-7(6)11/h3-4,6H,1-2H2. The fourth-order valence-electron chi connectivity index (χ4n) is 1.21. The van der Waals surface area contributed by atoms with Crippen LogP contribution in [0.5, 0.6) is 0 Å². The van der Waals surface area contributed by atoms with Crippen LogP contribution in [-0.4, -0.2) is 22.4 Å². The Balaban J connectivity index is 2.24. The molecule has 1 atom stereocenters. The molecule has 1 saturated heterocycles. The maximum atomic E-state index is 11.1. The third-order valence-corrected chi connectivity index (χ3v) is 1.99. The molecule has 1 fully saturated rings. The van der Waals surface area contributed by atoms with Gasteiger partial charge >= 0.3 is 5.97 Å². The quantitative estimate of drug-likeness (QED) is 0.616. The molecule has 0 spiro atoms.